The summed E-state index contributed by atoms with van der Waals surface area (Å²) < 4.78 is 6.48. The van der Waals surface area contributed by atoms with Crippen molar-refractivity contribution in [1.29, 1.82) is 0 Å². The second-order valence-corrected chi connectivity index (χ2v) is 11.5. The van der Waals surface area contributed by atoms with Crippen LogP contribution in [0.3, 0.4) is 0 Å². The van der Waals surface area contributed by atoms with E-state index in [1.807, 2.05) is 0 Å². The number of benzene rings is 1. The Bertz CT molecular complexity index is 492. The van der Waals surface area contributed by atoms with Gasteiger partial charge in [-0.1, -0.05) is 45.0 Å². The Balaban J connectivity index is 2.27. The molecule has 1 aliphatic rings. The van der Waals surface area contributed by atoms with E-state index in [2.05, 4.69) is 65.1 Å². The highest BCUT2D eigenvalue weighted by atomic mass is 28.4. The van der Waals surface area contributed by atoms with Crippen molar-refractivity contribution >= 4 is 13.9 Å². The molecule has 0 atom stereocenters. The van der Waals surface area contributed by atoms with Crippen LogP contribution >= 0.6 is 0 Å². The van der Waals surface area contributed by atoms with E-state index >= 15 is 0 Å². The molecule has 1 aliphatic carbocycles. The summed E-state index contributed by atoms with van der Waals surface area (Å²) >= 11 is 0. The fraction of sp³-hybridized carbons (Fsp3) is 0.500. The lowest BCUT2D eigenvalue weighted by Crippen LogP contribution is -2.40. The monoisotopic (exact) mass is 260 g/mol. The van der Waals surface area contributed by atoms with Crippen LogP contribution in [0.1, 0.15) is 38.8 Å². The predicted molar refractivity (Wildman–Crippen MR) is 81.0 cm³/mol. The minimum Gasteiger partial charge on any atom is -0.546 e. The summed E-state index contributed by atoms with van der Waals surface area (Å²) in [6, 6.07) is 8.63. The quantitative estimate of drug-likeness (QED) is 0.680. The summed E-state index contributed by atoms with van der Waals surface area (Å²) in [5.41, 5.74) is 4.10. The highest BCUT2D eigenvalue weighted by Gasteiger charge is 2.40. The first-order chi connectivity index (χ1) is 8.22. The van der Waals surface area contributed by atoms with Crippen molar-refractivity contribution in [2.24, 2.45) is 0 Å². The second-order valence-electron chi connectivity index (χ2n) is 6.74. The Kier molecular flexibility index (Phi) is 3.18. The van der Waals surface area contributed by atoms with Gasteiger partial charge in [0.15, 0.2) is 0 Å². The first-order valence-electron chi connectivity index (χ1n) is 6.69. The third kappa shape index (κ3) is 2.26. The largest absolute Gasteiger partial charge is 0.546 e. The topological polar surface area (TPSA) is 9.23 Å². The molecule has 0 fully saturated rings. The maximum Gasteiger partial charge on any atom is 0.250 e. The normalized spacial score (nSPS) is 15.9. The molecule has 1 aromatic carbocycles. The molecule has 18 heavy (non-hydrogen) atoms. The average molecular weight is 260 g/mol. The van der Waals surface area contributed by atoms with Crippen molar-refractivity contribution in [1.82, 2.24) is 0 Å². The average Bonchev–Trinajstić information content (AvgIpc) is 2.54. The predicted octanol–water partition coefficient (Wildman–Crippen LogP) is 5.00. The van der Waals surface area contributed by atoms with Crippen LogP contribution in [0, 0.1) is 0 Å². The molecule has 0 N–H and O–H groups in total. The van der Waals surface area contributed by atoms with Crippen molar-refractivity contribution in [2.45, 2.75) is 52.2 Å². The molecule has 98 valence electrons. The standard InChI is InChI=1S/C16H24OSi/c1-12-14-10-8-7-9-13(14)11-15(12)17-18(5,6)16(2,3)4/h7-10H,11H2,1-6H3. The van der Waals surface area contributed by atoms with Gasteiger partial charge in [0.05, 0.1) is 5.76 Å². The molecule has 0 heterocycles. The zero-order valence-electron chi connectivity index (χ0n) is 12.4. The number of rotatable bonds is 2. The van der Waals surface area contributed by atoms with Gasteiger partial charge < -0.3 is 4.43 Å². The summed E-state index contributed by atoms with van der Waals surface area (Å²) in [6.07, 6.45) is 0.967. The van der Waals surface area contributed by atoms with Crippen molar-refractivity contribution in [3.05, 3.63) is 41.2 Å². The van der Waals surface area contributed by atoms with E-state index in [4.69, 9.17) is 4.43 Å². The number of hydrogen-bond donors (Lipinski definition) is 0. The third-order valence-electron chi connectivity index (χ3n) is 4.38. The van der Waals surface area contributed by atoms with Gasteiger partial charge >= 0.3 is 0 Å². The molecule has 0 spiro atoms. The zero-order chi connectivity index (χ0) is 13.6. The molecular weight excluding hydrogens is 236 g/mol. The Morgan fingerprint density at radius 3 is 2.28 bits per heavy atom. The molecule has 0 radical (unpaired) electrons. The van der Waals surface area contributed by atoms with Gasteiger partial charge in [-0.15, -0.1) is 0 Å². The van der Waals surface area contributed by atoms with E-state index in [0.717, 1.165) is 6.42 Å². The van der Waals surface area contributed by atoms with Gasteiger partial charge in [-0.2, -0.15) is 0 Å². The van der Waals surface area contributed by atoms with Gasteiger partial charge in [0, 0.05) is 6.42 Å². The lowest BCUT2D eigenvalue weighted by Gasteiger charge is -2.37. The van der Waals surface area contributed by atoms with Gasteiger partial charge in [-0.25, -0.2) is 0 Å². The fourth-order valence-corrected chi connectivity index (χ4v) is 3.22. The first kappa shape index (κ1) is 13.4. The minimum atomic E-state index is -1.71. The molecule has 0 aliphatic heterocycles. The molecule has 0 aromatic heterocycles. The van der Waals surface area contributed by atoms with E-state index in [1.54, 1.807) is 0 Å². The Labute approximate surface area is 112 Å². The summed E-state index contributed by atoms with van der Waals surface area (Å²) in [5, 5.41) is 0.259. The molecule has 0 amide bonds. The Morgan fingerprint density at radius 1 is 1.11 bits per heavy atom. The lowest BCUT2D eigenvalue weighted by molar-refractivity contribution is 0.379. The third-order valence-corrected chi connectivity index (χ3v) is 8.74. The molecule has 0 saturated heterocycles. The number of allylic oxidation sites excluding steroid dienone is 2. The maximum absolute atomic E-state index is 6.48. The van der Waals surface area contributed by atoms with Gasteiger partial charge in [0.25, 0.3) is 0 Å². The Hall–Kier alpha value is -1.02. The maximum atomic E-state index is 6.48. The van der Waals surface area contributed by atoms with Crippen LogP contribution in [0.5, 0.6) is 0 Å². The van der Waals surface area contributed by atoms with Gasteiger partial charge in [0.2, 0.25) is 8.32 Å². The molecule has 2 rings (SSSR count). The van der Waals surface area contributed by atoms with E-state index in [0.29, 0.717) is 0 Å². The van der Waals surface area contributed by atoms with Crippen molar-refractivity contribution in [2.75, 3.05) is 0 Å². The van der Waals surface area contributed by atoms with Crippen molar-refractivity contribution in [3.8, 4) is 0 Å². The van der Waals surface area contributed by atoms with Crippen molar-refractivity contribution in [3.63, 3.8) is 0 Å². The van der Waals surface area contributed by atoms with Crippen LogP contribution in [0.2, 0.25) is 18.1 Å². The SMILES string of the molecule is CC1=C(O[Si](C)(C)C(C)(C)C)Cc2ccccc21. The second kappa shape index (κ2) is 4.27. The van der Waals surface area contributed by atoms with Crippen LogP contribution in [0.15, 0.2) is 30.0 Å². The first-order valence-corrected chi connectivity index (χ1v) is 9.60. The molecular formula is C16H24OSi. The molecule has 0 unspecified atom stereocenters. The van der Waals surface area contributed by atoms with Crippen LogP contribution in [0.4, 0.5) is 0 Å². The van der Waals surface area contributed by atoms with Gasteiger partial charge in [-0.05, 0) is 41.8 Å². The lowest BCUT2D eigenvalue weighted by atomic mass is 10.1. The molecule has 1 aromatic rings. The summed E-state index contributed by atoms with van der Waals surface area (Å²) in [5.74, 6) is 1.20. The summed E-state index contributed by atoms with van der Waals surface area (Å²) in [4.78, 5) is 0. The molecule has 0 bridgehead atoms. The molecule has 2 heteroatoms. The van der Waals surface area contributed by atoms with E-state index < -0.39 is 8.32 Å². The summed E-state index contributed by atoms with van der Waals surface area (Å²) in [6.45, 7) is 13.7. The minimum absolute atomic E-state index is 0.259. The van der Waals surface area contributed by atoms with E-state index in [1.165, 1.54) is 22.5 Å². The highest BCUT2D eigenvalue weighted by molar-refractivity contribution is 6.74. The smallest absolute Gasteiger partial charge is 0.250 e. The van der Waals surface area contributed by atoms with E-state index in [9.17, 15) is 0 Å². The van der Waals surface area contributed by atoms with Crippen molar-refractivity contribution < 1.29 is 4.43 Å². The Morgan fingerprint density at radius 2 is 1.72 bits per heavy atom. The fourth-order valence-electron chi connectivity index (χ4n) is 2.07. The molecule has 0 saturated carbocycles. The van der Waals surface area contributed by atoms with Crippen LogP contribution in [-0.2, 0) is 10.8 Å². The van der Waals surface area contributed by atoms with Crippen LogP contribution in [-0.4, -0.2) is 8.32 Å². The number of fused-ring (bicyclic) bond motifs is 1. The molecule has 1 nitrogen and oxygen atoms in total. The number of hydrogen-bond acceptors (Lipinski definition) is 1. The van der Waals surface area contributed by atoms with Gasteiger partial charge in [0.1, 0.15) is 0 Å². The van der Waals surface area contributed by atoms with E-state index in [-0.39, 0.29) is 5.04 Å². The van der Waals surface area contributed by atoms with Crippen LogP contribution < -0.4 is 0 Å². The van der Waals surface area contributed by atoms with Gasteiger partial charge in [-0.3, -0.25) is 0 Å². The van der Waals surface area contributed by atoms with Crippen LogP contribution in [0.25, 0.3) is 5.57 Å². The highest BCUT2D eigenvalue weighted by Crippen LogP contribution is 2.41. The summed E-state index contributed by atoms with van der Waals surface area (Å²) in [7, 11) is -1.71. The zero-order valence-corrected chi connectivity index (χ0v) is 13.4.